The van der Waals surface area contributed by atoms with E-state index < -0.39 is 0 Å². The lowest BCUT2D eigenvalue weighted by atomic mass is 9.89. The predicted octanol–water partition coefficient (Wildman–Crippen LogP) is 2.52. The molecule has 0 aliphatic carbocycles. The van der Waals surface area contributed by atoms with E-state index >= 15 is 0 Å². The minimum Gasteiger partial charge on any atom is -0.493 e. The molecule has 0 N–H and O–H groups in total. The summed E-state index contributed by atoms with van der Waals surface area (Å²) in [4.78, 5) is 12.8. The van der Waals surface area contributed by atoms with Crippen LogP contribution in [0.1, 0.15) is 29.9 Å². The van der Waals surface area contributed by atoms with Gasteiger partial charge in [-0.1, -0.05) is 6.07 Å². The number of hydrogen-bond donors (Lipinski definition) is 0. The average molecular weight is 233 g/mol. The standard InChI is InChI=1S/C14H19NO2/c1-10-13(15(2)3)5-4-12-11(6-8-16)7-9-17-14(10)12/h4-5,8,11H,6-7,9H2,1-3H3/t11-/m0/s1. The Bertz CT molecular complexity index is 426. The van der Waals surface area contributed by atoms with Crippen molar-refractivity contribution in [2.24, 2.45) is 0 Å². The number of anilines is 1. The van der Waals surface area contributed by atoms with Crippen LogP contribution in [0.15, 0.2) is 12.1 Å². The molecule has 1 aliphatic heterocycles. The third-order valence-corrected chi connectivity index (χ3v) is 3.42. The molecule has 0 saturated heterocycles. The van der Waals surface area contributed by atoms with Crippen LogP contribution in [-0.4, -0.2) is 27.0 Å². The topological polar surface area (TPSA) is 29.5 Å². The molecule has 1 atom stereocenters. The summed E-state index contributed by atoms with van der Waals surface area (Å²) in [6.07, 6.45) is 2.54. The van der Waals surface area contributed by atoms with Gasteiger partial charge in [-0.2, -0.15) is 0 Å². The van der Waals surface area contributed by atoms with Gasteiger partial charge >= 0.3 is 0 Å². The number of hydrogen-bond acceptors (Lipinski definition) is 3. The second kappa shape index (κ2) is 4.78. The second-order valence-corrected chi connectivity index (χ2v) is 4.76. The summed E-state index contributed by atoms with van der Waals surface area (Å²) in [5.74, 6) is 1.31. The fourth-order valence-electron chi connectivity index (χ4n) is 2.52. The molecule has 1 aliphatic rings. The number of nitrogens with zero attached hydrogens (tertiary/aromatic N) is 1. The molecule has 1 heterocycles. The molecule has 3 nitrogen and oxygen atoms in total. The van der Waals surface area contributed by atoms with Gasteiger partial charge in [0.15, 0.2) is 0 Å². The number of ether oxygens (including phenoxy) is 1. The summed E-state index contributed by atoms with van der Waals surface area (Å²) in [6, 6.07) is 4.21. The molecule has 0 amide bonds. The predicted molar refractivity (Wildman–Crippen MR) is 69.0 cm³/mol. The van der Waals surface area contributed by atoms with Gasteiger partial charge in [-0.3, -0.25) is 0 Å². The average Bonchev–Trinajstić information content (AvgIpc) is 2.30. The van der Waals surface area contributed by atoms with Crippen LogP contribution >= 0.6 is 0 Å². The minimum atomic E-state index is 0.325. The lowest BCUT2D eigenvalue weighted by Crippen LogP contribution is -2.18. The zero-order valence-electron chi connectivity index (χ0n) is 10.7. The number of fused-ring (bicyclic) bond motifs is 1. The van der Waals surface area contributed by atoms with Crippen LogP contribution in [-0.2, 0) is 4.79 Å². The lowest BCUT2D eigenvalue weighted by molar-refractivity contribution is -0.108. The zero-order valence-corrected chi connectivity index (χ0v) is 10.7. The van der Waals surface area contributed by atoms with Crippen molar-refractivity contribution < 1.29 is 9.53 Å². The van der Waals surface area contributed by atoms with E-state index in [1.165, 1.54) is 16.8 Å². The summed E-state index contributed by atoms with van der Waals surface area (Å²) in [5, 5.41) is 0. The smallest absolute Gasteiger partial charge is 0.127 e. The molecule has 92 valence electrons. The Morgan fingerprint density at radius 1 is 1.47 bits per heavy atom. The highest BCUT2D eigenvalue weighted by Crippen LogP contribution is 2.40. The summed E-state index contributed by atoms with van der Waals surface area (Å²) in [6.45, 7) is 2.79. The van der Waals surface area contributed by atoms with Gasteiger partial charge < -0.3 is 14.4 Å². The second-order valence-electron chi connectivity index (χ2n) is 4.76. The van der Waals surface area contributed by atoms with Crippen LogP contribution in [0.5, 0.6) is 5.75 Å². The van der Waals surface area contributed by atoms with E-state index in [1.54, 1.807) is 0 Å². The van der Waals surface area contributed by atoms with E-state index in [0.29, 0.717) is 18.9 Å². The molecule has 0 unspecified atom stereocenters. The van der Waals surface area contributed by atoms with E-state index in [9.17, 15) is 4.79 Å². The summed E-state index contributed by atoms with van der Waals surface area (Å²) in [5.41, 5.74) is 3.53. The van der Waals surface area contributed by atoms with Crippen molar-refractivity contribution in [3.8, 4) is 5.75 Å². The maximum atomic E-state index is 10.7. The summed E-state index contributed by atoms with van der Waals surface area (Å²) >= 11 is 0. The quantitative estimate of drug-likeness (QED) is 0.751. The molecular formula is C14H19NO2. The number of benzene rings is 1. The normalized spacial score (nSPS) is 18.2. The Hall–Kier alpha value is -1.51. The molecule has 17 heavy (non-hydrogen) atoms. The van der Waals surface area contributed by atoms with Crippen molar-refractivity contribution in [3.05, 3.63) is 23.3 Å². The fraction of sp³-hybridized carbons (Fsp3) is 0.500. The zero-order chi connectivity index (χ0) is 12.4. The van der Waals surface area contributed by atoms with E-state index in [-0.39, 0.29) is 0 Å². The monoisotopic (exact) mass is 233 g/mol. The first-order valence-electron chi connectivity index (χ1n) is 6.02. The Kier molecular flexibility index (Phi) is 3.36. The van der Waals surface area contributed by atoms with Crippen molar-refractivity contribution in [1.29, 1.82) is 0 Å². The maximum Gasteiger partial charge on any atom is 0.127 e. The molecule has 0 fully saturated rings. The SMILES string of the molecule is Cc1c(N(C)C)ccc2c1OCC[C@@H]2CC=O. The maximum absolute atomic E-state index is 10.7. The van der Waals surface area contributed by atoms with Crippen molar-refractivity contribution >= 4 is 12.0 Å². The summed E-state index contributed by atoms with van der Waals surface area (Å²) in [7, 11) is 4.06. The van der Waals surface area contributed by atoms with Crippen molar-refractivity contribution in [2.75, 3.05) is 25.6 Å². The third kappa shape index (κ3) is 2.14. The number of aldehydes is 1. The first-order chi connectivity index (χ1) is 8.15. The van der Waals surface area contributed by atoms with Crippen LogP contribution in [0.3, 0.4) is 0 Å². The lowest BCUT2D eigenvalue weighted by Gasteiger charge is -2.28. The van der Waals surface area contributed by atoms with Crippen molar-refractivity contribution in [1.82, 2.24) is 0 Å². The highest BCUT2D eigenvalue weighted by atomic mass is 16.5. The number of carbonyl (C=O) groups excluding carboxylic acids is 1. The molecule has 3 heteroatoms. The van der Waals surface area contributed by atoms with Crippen molar-refractivity contribution in [2.45, 2.75) is 25.7 Å². The number of rotatable bonds is 3. The van der Waals surface area contributed by atoms with Gasteiger partial charge in [0.05, 0.1) is 6.61 Å². The van der Waals surface area contributed by atoms with Gasteiger partial charge in [-0.05, 0) is 30.9 Å². The third-order valence-electron chi connectivity index (χ3n) is 3.42. The van der Waals surface area contributed by atoms with E-state index in [2.05, 4.69) is 24.0 Å². The summed E-state index contributed by atoms with van der Waals surface area (Å²) < 4.78 is 5.78. The molecule has 0 bridgehead atoms. The fourth-order valence-corrected chi connectivity index (χ4v) is 2.52. The minimum absolute atomic E-state index is 0.325. The van der Waals surface area contributed by atoms with Crippen LogP contribution in [0.4, 0.5) is 5.69 Å². The van der Waals surface area contributed by atoms with Crippen LogP contribution in [0, 0.1) is 6.92 Å². The first-order valence-corrected chi connectivity index (χ1v) is 6.02. The molecule has 2 rings (SSSR count). The molecule has 0 aromatic heterocycles. The Labute approximate surface area is 102 Å². The van der Waals surface area contributed by atoms with Crippen LogP contribution in [0.25, 0.3) is 0 Å². The molecule has 0 saturated carbocycles. The first kappa shape index (κ1) is 12.0. The van der Waals surface area contributed by atoms with Crippen molar-refractivity contribution in [3.63, 3.8) is 0 Å². The van der Waals surface area contributed by atoms with Crippen LogP contribution in [0.2, 0.25) is 0 Å². The largest absolute Gasteiger partial charge is 0.493 e. The van der Waals surface area contributed by atoms with Gasteiger partial charge in [-0.15, -0.1) is 0 Å². The highest BCUT2D eigenvalue weighted by molar-refractivity contribution is 5.63. The Balaban J connectivity index is 2.44. The molecule has 1 aromatic carbocycles. The Morgan fingerprint density at radius 2 is 2.24 bits per heavy atom. The Morgan fingerprint density at radius 3 is 2.88 bits per heavy atom. The van der Waals surface area contributed by atoms with Gasteiger partial charge in [0, 0.05) is 31.8 Å². The van der Waals surface area contributed by atoms with E-state index in [0.717, 1.165) is 18.5 Å². The van der Waals surface area contributed by atoms with E-state index in [4.69, 9.17) is 4.74 Å². The molecule has 0 radical (unpaired) electrons. The van der Waals surface area contributed by atoms with Gasteiger partial charge in [0.25, 0.3) is 0 Å². The number of carbonyl (C=O) groups is 1. The van der Waals surface area contributed by atoms with Gasteiger partial charge in [0.2, 0.25) is 0 Å². The van der Waals surface area contributed by atoms with Gasteiger partial charge in [-0.25, -0.2) is 0 Å². The van der Waals surface area contributed by atoms with E-state index in [1.807, 2.05) is 14.1 Å². The van der Waals surface area contributed by atoms with Gasteiger partial charge in [0.1, 0.15) is 12.0 Å². The molecular weight excluding hydrogens is 214 g/mol. The van der Waals surface area contributed by atoms with Crippen LogP contribution < -0.4 is 9.64 Å². The molecule has 1 aromatic rings. The molecule has 0 spiro atoms. The highest BCUT2D eigenvalue weighted by Gasteiger charge is 2.23.